The molecule has 1 fully saturated rings. The van der Waals surface area contributed by atoms with Crippen LogP contribution in [0.3, 0.4) is 0 Å². The van der Waals surface area contributed by atoms with Crippen LogP contribution in [0.15, 0.2) is 6.07 Å². The van der Waals surface area contributed by atoms with Crippen LogP contribution in [0.5, 0.6) is 0 Å². The first-order valence-corrected chi connectivity index (χ1v) is 7.17. The van der Waals surface area contributed by atoms with Crippen molar-refractivity contribution in [2.45, 2.75) is 44.9 Å². The molecule has 2 N–H and O–H groups in total. The van der Waals surface area contributed by atoms with Gasteiger partial charge >= 0.3 is 0 Å². The van der Waals surface area contributed by atoms with Crippen molar-refractivity contribution in [3.05, 3.63) is 23.3 Å². The molecule has 0 spiro atoms. The van der Waals surface area contributed by atoms with Crippen molar-refractivity contribution in [2.75, 3.05) is 26.7 Å². The highest BCUT2D eigenvalue weighted by atomic mass is 15.1. The lowest BCUT2D eigenvalue weighted by Crippen LogP contribution is -2.32. The summed E-state index contributed by atoms with van der Waals surface area (Å²) in [6, 6.07) is 2.14. The van der Waals surface area contributed by atoms with Crippen molar-refractivity contribution in [2.24, 2.45) is 5.73 Å². The van der Waals surface area contributed by atoms with Crippen LogP contribution >= 0.6 is 0 Å². The lowest BCUT2D eigenvalue weighted by molar-refractivity contribution is 0.252. The van der Waals surface area contributed by atoms with Gasteiger partial charge in [-0.25, -0.2) is 9.97 Å². The monoisotopic (exact) mass is 262 g/mol. The maximum atomic E-state index is 5.85. The Balaban J connectivity index is 2.26. The smallest absolute Gasteiger partial charge is 0.135 e. The van der Waals surface area contributed by atoms with Crippen LogP contribution in [0.2, 0.25) is 0 Å². The van der Waals surface area contributed by atoms with Gasteiger partial charge in [-0.2, -0.15) is 0 Å². The van der Waals surface area contributed by atoms with Crippen LogP contribution in [-0.4, -0.2) is 41.5 Å². The highest BCUT2D eigenvalue weighted by molar-refractivity contribution is 5.18. The number of nitrogens with zero attached hydrogens (tertiary/aromatic N) is 3. The van der Waals surface area contributed by atoms with Crippen molar-refractivity contribution in [1.82, 2.24) is 14.9 Å². The first kappa shape index (κ1) is 14.4. The van der Waals surface area contributed by atoms with Gasteiger partial charge in [0.2, 0.25) is 0 Å². The molecule has 0 saturated carbocycles. The summed E-state index contributed by atoms with van der Waals surface area (Å²) in [7, 11) is 2.18. The van der Waals surface area contributed by atoms with Crippen molar-refractivity contribution in [3.63, 3.8) is 0 Å². The second-order valence-electron chi connectivity index (χ2n) is 6.42. The molecular formula is C15H26N4. The number of likely N-dealkylation sites (tertiary alicyclic amines) is 1. The maximum Gasteiger partial charge on any atom is 0.135 e. The topological polar surface area (TPSA) is 55.0 Å². The molecule has 4 heteroatoms. The first-order chi connectivity index (χ1) is 8.92. The predicted octanol–water partition coefficient (Wildman–Crippen LogP) is 1.83. The summed E-state index contributed by atoms with van der Waals surface area (Å²) in [4.78, 5) is 11.8. The number of aryl methyl sites for hydroxylation is 1. The molecule has 1 aliphatic rings. The van der Waals surface area contributed by atoms with E-state index >= 15 is 0 Å². The summed E-state index contributed by atoms with van der Waals surface area (Å²) < 4.78 is 0. The molecule has 1 aliphatic heterocycles. The van der Waals surface area contributed by atoms with E-state index in [9.17, 15) is 0 Å². The third-order valence-corrected chi connectivity index (χ3v) is 4.13. The third-order valence-electron chi connectivity index (χ3n) is 4.13. The van der Waals surface area contributed by atoms with Crippen molar-refractivity contribution in [3.8, 4) is 0 Å². The molecule has 19 heavy (non-hydrogen) atoms. The van der Waals surface area contributed by atoms with E-state index in [1.54, 1.807) is 0 Å². The lowest BCUT2D eigenvalue weighted by Gasteiger charge is -2.29. The summed E-state index contributed by atoms with van der Waals surface area (Å²) in [5.74, 6) is 1.47. The average Bonchev–Trinajstić information content (AvgIpc) is 2.39. The molecule has 0 amide bonds. The van der Waals surface area contributed by atoms with Gasteiger partial charge in [0.1, 0.15) is 5.82 Å². The standard InChI is InChI=1S/C15H26N4/c1-11-9-13(12-5-7-19(4)8-6-12)18-14(17-11)15(2,3)10-16/h9,12H,5-8,10,16H2,1-4H3. The van der Waals surface area contributed by atoms with Crippen LogP contribution in [0, 0.1) is 6.92 Å². The summed E-state index contributed by atoms with van der Waals surface area (Å²) in [5.41, 5.74) is 7.96. The molecule has 4 nitrogen and oxygen atoms in total. The Morgan fingerprint density at radius 1 is 1.32 bits per heavy atom. The SMILES string of the molecule is Cc1cc(C2CCN(C)CC2)nc(C(C)(C)CN)n1. The number of aromatic nitrogens is 2. The van der Waals surface area contributed by atoms with E-state index in [0.717, 1.165) is 24.6 Å². The van der Waals surface area contributed by atoms with Gasteiger partial charge in [-0.1, -0.05) is 13.8 Å². The first-order valence-electron chi connectivity index (χ1n) is 7.17. The largest absolute Gasteiger partial charge is 0.329 e. The number of nitrogens with two attached hydrogens (primary N) is 1. The average molecular weight is 262 g/mol. The van der Waals surface area contributed by atoms with Gasteiger partial charge in [-0.3, -0.25) is 0 Å². The Kier molecular flexibility index (Phi) is 4.21. The molecule has 0 aliphatic carbocycles. The van der Waals surface area contributed by atoms with E-state index in [4.69, 9.17) is 10.7 Å². The Morgan fingerprint density at radius 2 is 1.95 bits per heavy atom. The molecule has 0 unspecified atom stereocenters. The zero-order valence-corrected chi connectivity index (χ0v) is 12.6. The molecule has 2 rings (SSSR count). The summed E-state index contributed by atoms with van der Waals surface area (Å²) in [5, 5.41) is 0. The van der Waals surface area contributed by atoms with E-state index in [1.807, 2.05) is 0 Å². The Labute approximate surface area is 116 Å². The molecule has 1 saturated heterocycles. The molecular weight excluding hydrogens is 236 g/mol. The van der Waals surface area contributed by atoms with Gasteiger partial charge in [0.15, 0.2) is 0 Å². The molecule has 106 valence electrons. The second kappa shape index (κ2) is 5.55. The molecule has 0 bridgehead atoms. The normalized spacial score (nSPS) is 18.8. The van der Waals surface area contributed by atoms with Gasteiger partial charge in [0.05, 0.1) is 0 Å². The molecule has 2 heterocycles. The second-order valence-corrected chi connectivity index (χ2v) is 6.42. The molecule has 0 aromatic carbocycles. The Morgan fingerprint density at radius 3 is 2.53 bits per heavy atom. The lowest BCUT2D eigenvalue weighted by atomic mass is 9.90. The zero-order valence-electron chi connectivity index (χ0n) is 12.6. The fraction of sp³-hybridized carbons (Fsp3) is 0.733. The van der Waals surface area contributed by atoms with Gasteiger partial charge < -0.3 is 10.6 Å². The predicted molar refractivity (Wildman–Crippen MR) is 78.3 cm³/mol. The molecule has 1 aromatic heterocycles. The van der Waals surface area contributed by atoms with Crippen LogP contribution < -0.4 is 5.73 Å². The highest BCUT2D eigenvalue weighted by Gasteiger charge is 2.25. The summed E-state index contributed by atoms with van der Waals surface area (Å²) in [6.45, 7) is 9.16. The fourth-order valence-electron chi connectivity index (χ4n) is 2.50. The van der Waals surface area contributed by atoms with E-state index in [2.05, 4.69) is 43.8 Å². The quantitative estimate of drug-likeness (QED) is 0.903. The Bertz CT molecular complexity index is 434. The third kappa shape index (κ3) is 3.31. The molecule has 1 aromatic rings. The highest BCUT2D eigenvalue weighted by Crippen LogP contribution is 2.28. The zero-order chi connectivity index (χ0) is 14.0. The molecule has 0 radical (unpaired) electrons. The van der Waals surface area contributed by atoms with Crippen molar-refractivity contribution >= 4 is 0 Å². The van der Waals surface area contributed by atoms with Crippen LogP contribution in [-0.2, 0) is 5.41 Å². The van der Waals surface area contributed by atoms with Gasteiger partial charge in [0.25, 0.3) is 0 Å². The van der Waals surface area contributed by atoms with E-state index in [-0.39, 0.29) is 5.41 Å². The van der Waals surface area contributed by atoms with Crippen LogP contribution in [0.4, 0.5) is 0 Å². The van der Waals surface area contributed by atoms with Crippen LogP contribution in [0.1, 0.15) is 49.8 Å². The number of rotatable bonds is 3. The number of piperidine rings is 1. The summed E-state index contributed by atoms with van der Waals surface area (Å²) >= 11 is 0. The van der Waals surface area contributed by atoms with Gasteiger partial charge in [-0.15, -0.1) is 0 Å². The Hall–Kier alpha value is -1.00. The van der Waals surface area contributed by atoms with Crippen molar-refractivity contribution in [1.29, 1.82) is 0 Å². The van der Waals surface area contributed by atoms with Crippen LogP contribution in [0.25, 0.3) is 0 Å². The fourth-order valence-corrected chi connectivity index (χ4v) is 2.50. The maximum absolute atomic E-state index is 5.85. The summed E-state index contributed by atoms with van der Waals surface area (Å²) in [6.07, 6.45) is 2.38. The minimum atomic E-state index is -0.147. The van der Waals surface area contributed by atoms with Gasteiger partial charge in [0, 0.05) is 29.3 Å². The minimum absolute atomic E-state index is 0.147. The number of hydrogen-bond acceptors (Lipinski definition) is 4. The number of hydrogen-bond donors (Lipinski definition) is 1. The van der Waals surface area contributed by atoms with E-state index < -0.39 is 0 Å². The minimum Gasteiger partial charge on any atom is -0.329 e. The molecule has 0 atom stereocenters. The van der Waals surface area contributed by atoms with Gasteiger partial charge in [-0.05, 0) is 46.0 Å². The van der Waals surface area contributed by atoms with Crippen molar-refractivity contribution < 1.29 is 0 Å². The van der Waals surface area contributed by atoms with E-state index in [0.29, 0.717) is 12.5 Å². The van der Waals surface area contributed by atoms with E-state index in [1.165, 1.54) is 18.5 Å².